The molecule has 0 aliphatic heterocycles. The first kappa shape index (κ1) is 15.3. The summed E-state index contributed by atoms with van der Waals surface area (Å²) >= 11 is 12.0. The summed E-state index contributed by atoms with van der Waals surface area (Å²) in [5.41, 5.74) is 8.88. The molecule has 0 fully saturated rings. The van der Waals surface area contributed by atoms with Gasteiger partial charge in [-0.15, -0.1) is 0 Å². The van der Waals surface area contributed by atoms with Crippen LogP contribution >= 0.6 is 23.2 Å². The van der Waals surface area contributed by atoms with Gasteiger partial charge in [-0.25, -0.2) is 4.98 Å². The van der Waals surface area contributed by atoms with Crippen LogP contribution in [0.3, 0.4) is 0 Å². The molecule has 0 unspecified atom stereocenters. The Morgan fingerprint density at radius 1 is 1.00 bits per heavy atom. The lowest BCUT2D eigenvalue weighted by Gasteiger charge is -2.10. The molecule has 1 aromatic carbocycles. The van der Waals surface area contributed by atoms with Crippen LogP contribution in [0.25, 0.3) is 22.5 Å². The number of nitriles is 1. The number of nitrogen functional groups attached to an aromatic ring is 1. The Morgan fingerprint density at radius 2 is 1.83 bits per heavy atom. The smallest absolute Gasteiger partial charge is 0.142 e. The van der Waals surface area contributed by atoms with Gasteiger partial charge in [0, 0.05) is 11.8 Å². The number of hydrogen-bond donors (Lipinski definition) is 1. The number of nitrogens with two attached hydrogens (primary N) is 1. The Labute approximate surface area is 143 Å². The number of anilines is 1. The molecule has 0 saturated carbocycles. The highest BCUT2D eigenvalue weighted by molar-refractivity contribution is 6.42. The highest BCUT2D eigenvalue weighted by Gasteiger charge is 2.14. The highest BCUT2D eigenvalue weighted by Crippen LogP contribution is 2.33. The molecular weight excluding hydrogens is 331 g/mol. The van der Waals surface area contributed by atoms with Crippen molar-refractivity contribution in [3.8, 4) is 28.6 Å². The normalized spacial score (nSPS) is 10.3. The molecule has 6 heteroatoms. The van der Waals surface area contributed by atoms with Crippen molar-refractivity contribution < 1.29 is 0 Å². The molecule has 0 aliphatic rings. The van der Waals surface area contributed by atoms with E-state index in [1.54, 1.807) is 30.5 Å². The van der Waals surface area contributed by atoms with Gasteiger partial charge in [-0.2, -0.15) is 5.26 Å². The zero-order valence-corrected chi connectivity index (χ0v) is 13.3. The predicted octanol–water partition coefficient (Wildman–Crippen LogP) is 4.57. The summed E-state index contributed by atoms with van der Waals surface area (Å²) < 4.78 is 0. The van der Waals surface area contributed by atoms with Crippen LogP contribution in [0.2, 0.25) is 10.0 Å². The Balaban J connectivity index is 2.24. The van der Waals surface area contributed by atoms with Gasteiger partial charge >= 0.3 is 0 Å². The molecule has 3 rings (SSSR count). The van der Waals surface area contributed by atoms with Crippen LogP contribution in [0.4, 0.5) is 5.82 Å². The molecular formula is C17H10Cl2N4. The van der Waals surface area contributed by atoms with Crippen LogP contribution in [0.5, 0.6) is 0 Å². The minimum absolute atomic E-state index is 0.150. The quantitative estimate of drug-likeness (QED) is 0.741. The number of nitrogens with zero attached hydrogens (tertiary/aromatic N) is 3. The fraction of sp³-hybridized carbons (Fsp3) is 0. The zero-order chi connectivity index (χ0) is 16.4. The van der Waals surface area contributed by atoms with Crippen LogP contribution in [-0.4, -0.2) is 9.97 Å². The van der Waals surface area contributed by atoms with Gasteiger partial charge in [0.05, 0.1) is 21.4 Å². The minimum Gasteiger partial charge on any atom is -0.383 e. The maximum absolute atomic E-state index is 9.40. The molecule has 0 amide bonds. The van der Waals surface area contributed by atoms with E-state index in [1.807, 2.05) is 18.2 Å². The summed E-state index contributed by atoms with van der Waals surface area (Å²) in [4.78, 5) is 8.54. The number of halogens is 2. The minimum atomic E-state index is 0.150. The highest BCUT2D eigenvalue weighted by atomic mass is 35.5. The predicted molar refractivity (Wildman–Crippen MR) is 92.1 cm³/mol. The number of benzene rings is 1. The topological polar surface area (TPSA) is 75.6 Å². The van der Waals surface area contributed by atoms with Crippen molar-refractivity contribution in [3.05, 3.63) is 64.3 Å². The summed E-state index contributed by atoms with van der Waals surface area (Å²) in [6.45, 7) is 0. The van der Waals surface area contributed by atoms with Crippen molar-refractivity contribution in [2.75, 3.05) is 5.73 Å². The number of hydrogen-bond acceptors (Lipinski definition) is 4. The molecule has 2 aromatic heterocycles. The molecule has 3 aromatic rings. The van der Waals surface area contributed by atoms with Crippen molar-refractivity contribution in [1.82, 2.24) is 9.97 Å². The SMILES string of the molecule is N#Cc1c(-c2ccc(Cl)c(Cl)c2)cc(-c2ccccn2)nc1N. The van der Waals surface area contributed by atoms with Gasteiger partial charge in [0.2, 0.25) is 0 Å². The summed E-state index contributed by atoms with van der Waals surface area (Å²) in [5.74, 6) is 0.150. The lowest BCUT2D eigenvalue weighted by Crippen LogP contribution is -2.00. The second-order valence-corrected chi connectivity index (χ2v) is 5.59. The number of rotatable bonds is 2. The van der Waals surface area contributed by atoms with E-state index in [-0.39, 0.29) is 5.82 Å². The van der Waals surface area contributed by atoms with Gasteiger partial charge < -0.3 is 5.73 Å². The molecule has 0 radical (unpaired) electrons. The van der Waals surface area contributed by atoms with Crippen molar-refractivity contribution >= 4 is 29.0 Å². The molecule has 0 bridgehead atoms. The van der Waals surface area contributed by atoms with Gasteiger partial charge in [0.15, 0.2) is 0 Å². The van der Waals surface area contributed by atoms with Gasteiger partial charge in [0.25, 0.3) is 0 Å². The Hall–Kier alpha value is -2.61. The van der Waals surface area contributed by atoms with Gasteiger partial charge in [-0.05, 0) is 35.9 Å². The molecule has 2 heterocycles. The third-order valence-corrected chi connectivity index (χ3v) is 4.06. The van der Waals surface area contributed by atoms with Crippen LogP contribution in [0.15, 0.2) is 48.7 Å². The van der Waals surface area contributed by atoms with Gasteiger partial charge in [0.1, 0.15) is 17.5 Å². The van der Waals surface area contributed by atoms with Crippen LogP contribution < -0.4 is 5.73 Å². The molecule has 2 N–H and O–H groups in total. The number of aromatic nitrogens is 2. The molecule has 23 heavy (non-hydrogen) atoms. The van der Waals surface area contributed by atoms with Crippen molar-refractivity contribution in [3.63, 3.8) is 0 Å². The van der Waals surface area contributed by atoms with Gasteiger partial charge in [-0.3, -0.25) is 4.98 Å². The molecule has 0 saturated heterocycles. The van der Waals surface area contributed by atoms with E-state index in [4.69, 9.17) is 28.9 Å². The molecule has 4 nitrogen and oxygen atoms in total. The monoisotopic (exact) mass is 340 g/mol. The zero-order valence-electron chi connectivity index (χ0n) is 11.8. The lowest BCUT2D eigenvalue weighted by molar-refractivity contribution is 1.24. The molecule has 0 atom stereocenters. The average molecular weight is 341 g/mol. The van der Waals surface area contributed by atoms with E-state index in [1.165, 1.54) is 0 Å². The first-order valence-corrected chi connectivity index (χ1v) is 7.43. The fourth-order valence-electron chi connectivity index (χ4n) is 2.22. The standard InChI is InChI=1S/C17H10Cl2N4/c18-13-5-4-10(7-14(13)19)11-8-16(15-3-1-2-6-22-15)23-17(21)12(11)9-20/h1-8H,(H2,21,23). The third kappa shape index (κ3) is 2.98. The van der Waals surface area contributed by atoms with Crippen LogP contribution in [-0.2, 0) is 0 Å². The second kappa shape index (κ2) is 6.25. The third-order valence-electron chi connectivity index (χ3n) is 3.32. The Kier molecular flexibility index (Phi) is 4.16. The summed E-state index contributed by atoms with van der Waals surface area (Å²) in [6.07, 6.45) is 1.67. The molecule has 112 valence electrons. The van der Waals surface area contributed by atoms with E-state index in [0.29, 0.717) is 32.6 Å². The first-order valence-electron chi connectivity index (χ1n) is 6.67. The van der Waals surface area contributed by atoms with E-state index in [0.717, 1.165) is 5.56 Å². The first-order chi connectivity index (χ1) is 11.1. The van der Waals surface area contributed by atoms with Crippen molar-refractivity contribution in [2.24, 2.45) is 0 Å². The van der Waals surface area contributed by atoms with Crippen LogP contribution in [0.1, 0.15) is 5.56 Å². The van der Waals surface area contributed by atoms with E-state index in [2.05, 4.69) is 16.0 Å². The van der Waals surface area contributed by atoms with Crippen LogP contribution in [0, 0.1) is 11.3 Å². The Morgan fingerprint density at radius 3 is 2.48 bits per heavy atom. The summed E-state index contributed by atoms with van der Waals surface area (Å²) in [5, 5.41) is 10.3. The van der Waals surface area contributed by atoms with E-state index in [9.17, 15) is 5.26 Å². The van der Waals surface area contributed by atoms with Gasteiger partial charge in [-0.1, -0.05) is 35.3 Å². The second-order valence-electron chi connectivity index (χ2n) is 4.77. The maximum atomic E-state index is 9.40. The Bertz CT molecular complexity index is 918. The fourth-order valence-corrected chi connectivity index (χ4v) is 2.52. The van der Waals surface area contributed by atoms with E-state index >= 15 is 0 Å². The summed E-state index contributed by atoms with van der Waals surface area (Å²) in [7, 11) is 0. The lowest BCUT2D eigenvalue weighted by atomic mass is 9.99. The molecule has 0 aliphatic carbocycles. The van der Waals surface area contributed by atoms with Crippen molar-refractivity contribution in [1.29, 1.82) is 5.26 Å². The number of pyridine rings is 2. The van der Waals surface area contributed by atoms with E-state index < -0.39 is 0 Å². The average Bonchev–Trinajstić information content (AvgIpc) is 2.57. The molecule has 0 spiro atoms. The largest absolute Gasteiger partial charge is 0.383 e. The van der Waals surface area contributed by atoms with Crippen molar-refractivity contribution in [2.45, 2.75) is 0 Å². The summed E-state index contributed by atoms with van der Waals surface area (Å²) in [6, 6.07) is 14.5. The maximum Gasteiger partial charge on any atom is 0.142 e.